The molecule has 0 heterocycles. The van der Waals surface area contributed by atoms with Gasteiger partial charge in [0, 0.05) is 19.2 Å². The topological polar surface area (TPSA) is 78.7 Å². The third-order valence-electron chi connectivity index (χ3n) is 1.96. The molecule has 0 aromatic heterocycles. The van der Waals surface area contributed by atoms with Crippen molar-refractivity contribution in [3.05, 3.63) is 34.4 Å². The zero-order chi connectivity index (χ0) is 12.2. The minimum atomic E-state index is -3.11. The first-order chi connectivity index (χ1) is 7.50. The van der Waals surface area contributed by atoms with Gasteiger partial charge in [0.1, 0.15) is 5.75 Å². The van der Waals surface area contributed by atoms with E-state index >= 15 is 0 Å². The van der Waals surface area contributed by atoms with Gasteiger partial charge in [0.15, 0.2) is 0 Å². The van der Waals surface area contributed by atoms with Gasteiger partial charge in [-0.25, -0.2) is 4.57 Å². The van der Waals surface area contributed by atoms with E-state index in [9.17, 15) is 14.7 Å². The number of nitro groups is 1. The largest absolute Gasteiger partial charge is 0.424 e. The van der Waals surface area contributed by atoms with E-state index in [2.05, 4.69) is 0 Å². The molecule has 88 valence electrons. The summed E-state index contributed by atoms with van der Waals surface area (Å²) in [5, 5.41) is 10.4. The normalized spacial score (nSPS) is 14.1. The third-order valence-corrected chi connectivity index (χ3v) is 3.78. The molecule has 0 radical (unpaired) electrons. The molecule has 7 heteroatoms. The van der Waals surface area contributed by atoms with E-state index in [1.165, 1.54) is 31.4 Å². The molecule has 1 atom stereocenters. The molecule has 0 aliphatic heterocycles. The molecule has 0 fully saturated rings. The molecule has 1 aromatic carbocycles. The Morgan fingerprint density at radius 2 is 1.94 bits per heavy atom. The van der Waals surface area contributed by atoms with Gasteiger partial charge in [0.05, 0.1) is 11.1 Å². The highest BCUT2D eigenvalue weighted by molar-refractivity contribution is 7.54. The van der Waals surface area contributed by atoms with Crippen LogP contribution in [0.5, 0.6) is 5.75 Å². The monoisotopic (exact) mass is 245 g/mol. The molecule has 0 amide bonds. The fourth-order valence-electron chi connectivity index (χ4n) is 1.02. The Bertz CT molecular complexity index is 408. The molecule has 0 aliphatic rings. The van der Waals surface area contributed by atoms with Gasteiger partial charge in [-0.15, -0.1) is 0 Å². The Balaban J connectivity index is 2.83. The van der Waals surface area contributed by atoms with Crippen LogP contribution in [-0.4, -0.2) is 18.2 Å². The minimum Gasteiger partial charge on any atom is -0.424 e. The van der Waals surface area contributed by atoms with Crippen LogP contribution in [-0.2, 0) is 9.09 Å². The molecule has 0 spiro atoms. The summed E-state index contributed by atoms with van der Waals surface area (Å²) in [6.45, 7) is 1.68. The smallest absolute Gasteiger partial charge is 0.378 e. The van der Waals surface area contributed by atoms with Crippen LogP contribution in [0.3, 0.4) is 0 Å². The average molecular weight is 245 g/mol. The molecule has 6 nitrogen and oxygen atoms in total. The number of hydrogen-bond acceptors (Lipinski definition) is 5. The van der Waals surface area contributed by atoms with E-state index in [1.54, 1.807) is 6.92 Å². The molecule has 1 rings (SSSR count). The Morgan fingerprint density at radius 3 is 2.31 bits per heavy atom. The fourth-order valence-corrected chi connectivity index (χ4v) is 1.92. The fraction of sp³-hybridized carbons (Fsp3) is 0.333. The summed E-state index contributed by atoms with van der Waals surface area (Å²) in [7, 11) is -1.81. The van der Waals surface area contributed by atoms with E-state index in [0.717, 1.165) is 0 Å². The molecule has 1 unspecified atom stereocenters. The lowest BCUT2D eigenvalue weighted by Crippen LogP contribution is -1.97. The van der Waals surface area contributed by atoms with E-state index in [0.29, 0.717) is 0 Å². The number of nitrogens with zero attached hydrogens (tertiary/aromatic N) is 1. The van der Waals surface area contributed by atoms with E-state index in [1.807, 2.05) is 0 Å². The molecule has 0 aliphatic carbocycles. The van der Waals surface area contributed by atoms with Crippen molar-refractivity contribution < 1.29 is 18.5 Å². The highest BCUT2D eigenvalue weighted by Crippen LogP contribution is 2.46. The van der Waals surface area contributed by atoms with Crippen molar-refractivity contribution in [2.24, 2.45) is 0 Å². The average Bonchev–Trinajstić information content (AvgIpc) is 2.29. The highest BCUT2D eigenvalue weighted by Gasteiger charge is 2.21. The standard InChI is InChI=1S/C9H12NO5P/c1-3-16(13,14-2)15-9-6-4-8(5-7-9)10(11)12/h4-7H,3H2,1-2H3. The third kappa shape index (κ3) is 3.05. The van der Waals surface area contributed by atoms with Crippen molar-refractivity contribution in [2.45, 2.75) is 6.92 Å². The lowest BCUT2D eigenvalue weighted by Gasteiger charge is -2.14. The molecule has 16 heavy (non-hydrogen) atoms. The summed E-state index contributed by atoms with van der Waals surface area (Å²) in [4.78, 5) is 9.88. The van der Waals surface area contributed by atoms with Gasteiger partial charge >= 0.3 is 7.60 Å². The second kappa shape index (κ2) is 5.09. The van der Waals surface area contributed by atoms with Crippen LogP contribution in [0.25, 0.3) is 0 Å². The lowest BCUT2D eigenvalue weighted by molar-refractivity contribution is -0.384. The van der Waals surface area contributed by atoms with Gasteiger partial charge in [-0.3, -0.25) is 10.1 Å². The van der Waals surface area contributed by atoms with Crippen LogP contribution in [0.15, 0.2) is 24.3 Å². The number of nitro benzene ring substituents is 1. The second-order valence-electron chi connectivity index (χ2n) is 2.95. The van der Waals surface area contributed by atoms with Crippen molar-refractivity contribution in [3.8, 4) is 5.75 Å². The van der Waals surface area contributed by atoms with E-state index in [-0.39, 0.29) is 17.6 Å². The van der Waals surface area contributed by atoms with E-state index < -0.39 is 12.5 Å². The molecule has 0 N–H and O–H groups in total. The first kappa shape index (κ1) is 12.7. The van der Waals surface area contributed by atoms with Crippen LogP contribution in [0.2, 0.25) is 0 Å². The Labute approximate surface area is 92.9 Å². The summed E-state index contributed by atoms with van der Waals surface area (Å²) < 4.78 is 21.7. The Morgan fingerprint density at radius 1 is 1.38 bits per heavy atom. The first-order valence-corrected chi connectivity index (χ1v) is 6.32. The molecular weight excluding hydrogens is 233 g/mol. The molecule has 0 bridgehead atoms. The number of hydrogen-bond donors (Lipinski definition) is 0. The first-order valence-electron chi connectivity index (χ1n) is 4.59. The minimum absolute atomic E-state index is 0.0453. The summed E-state index contributed by atoms with van der Waals surface area (Å²) in [6.07, 6.45) is 0.237. The van der Waals surface area contributed by atoms with Crippen LogP contribution < -0.4 is 4.52 Å². The van der Waals surface area contributed by atoms with Gasteiger partial charge in [-0.1, -0.05) is 6.92 Å². The van der Waals surface area contributed by atoms with Crippen molar-refractivity contribution in [3.63, 3.8) is 0 Å². The summed E-state index contributed by atoms with van der Waals surface area (Å²) >= 11 is 0. The maximum Gasteiger partial charge on any atom is 0.378 e. The predicted octanol–water partition coefficient (Wildman–Crippen LogP) is 2.83. The highest BCUT2D eigenvalue weighted by atomic mass is 31.2. The summed E-state index contributed by atoms with van der Waals surface area (Å²) in [5.41, 5.74) is -0.0453. The Kier molecular flexibility index (Phi) is 4.04. The summed E-state index contributed by atoms with van der Waals surface area (Å²) in [6, 6.07) is 5.34. The number of rotatable bonds is 5. The predicted molar refractivity (Wildman–Crippen MR) is 58.9 cm³/mol. The Hall–Kier alpha value is -1.39. The number of non-ortho nitro benzene ring substituents is 1. The zero-order valence-corrected chi connectivity index (χ0v) is 9.85. The SMILES string of the molecule is CCP(=O)(OC)Oc1ccc([N+](=O)[O-])cc1. The molecule has 0 saturated heterocycles. The van der Waals surface area contributed by atoms with Gasteiger partial charge in [-0.2, -0.15) is 0 Å². The summed E-state index contributed by atoms with van der Waals surface area (Å²) in [5.74, 6) is 0.289. The van der Waals surface area contributed by atoms with E-state index in [4.69, 9.17) is 9.05 Å². The zero-order valence-electron chi connectivity index (χ0n) is 8.95. The maximum absolute atomic E-state index is 11.8. The lowest BCUT2D eigenvalue weighted by atomic mass is 10.3. The van der Waals surface area contributed by atoms with Gasteiger partial charge in [-0.05, 0) is 12.1 Å². The van der Waals surface area contributed by atoms with Crippen LogP contribution in [0.1, 0.15) is 6.92 Å². The maximum atomic E-state index is 11.8. The number of benzene rings is 1. The quantitative estimate of drug-likeness (QED) is 0.452. The second-order valence-corrected chi connectivity index (χ2v) is 5.35. The van der Waals surface area contributed by atoms with Crippen molar-refractivity contribution >= 4 is 13.3 Å². The van der Waals surface area contributed by atoms with Crippen molar-refractivity contribution in [2.75, 3.05) is 13.3 Å². The van der Waals surface area contributed by atoms with Crippen LogP contribution in [0, 0.1) is 10.1 Å². The van der Waals surface area contributed by atoms with Crippen molar-refractivity contribution in [1.29, 1.82) is 0 Å². The van der Waals surface area contributed by atoms with Gasteiger partial charge in [0.2, 0.25) is 0 Å². The van der Waals surface area contributed by atoms with Crippen molar-refractivity contribution in [1.82, 2.24) is 0 Å². The molecule has 1 aromatic rings. The van der Waals surface area contributed by atoms with Crippen LogP contribution >= 0.6 is 7.60 Å². The van der Waals surface area contributed by atoms with Gasteiger partial charge in [0.25, 0.3) is 5.69 Å². The van der Waals surface area contributed by atoms with Crippen LogP contribution in [0.4, 0.5) is 5.69 Å². The molecular formula is C9H12NO5P. The van der Waals surface area contributed by atoms with Gasteiger partial charge < -0.3 is 9.05 Å². The molecule has 0 saturated carbocycles.